The van der Waals surface area contributed by atoms with Crippen molar-refractivity contribution < 1.29 is 0 Å². The zero-order valence-corrected chi connectivity index (χ0v) is 15.1. The second kappa shape index (κ2) is 6.53. The van der Waals surface area contributed by atoms with Crippen LogP contribution >= 0.6 is 11.3 Å². The maximum Gasteiger partial charge on any atom is 0.172 e. The van der Waals surface area contributed by atoms with E-state index in [9.17, 15) is 0 Å². The average molecular weight is 361 g/mol. The van der Waals surface area contributed by atoms with Gasteiger partial charge < -0.3 is 9.47 Å². The second-order valence-electron chi connectivity index (χ2n) is 6.61. The number of aromatic nitrogens is 4. The Hall–Kier alpha value is -2.73. The standard InChI is InChI=1S/C20H19N5S/c1-2-7-17-16(6-1)20(23-19(22-17)18-8-4-12-26-18)25-10-3-5-15(25)13-24-11-9-21-14-24/h1-2,4,6-9,11-12,14-15H,3,5,10,13H2. The molecule has 1 unspecified atom stereocenters. The summed E-state index contributed by atoms with van der Waals surface area (Å²) < 4.78 is 2.16. The fourth-order valence-corrected chi connectivity index (χ4v) is 4.39. The van der Waals surface area contributed by atoms with Crippen molar-refractivity contribution in [1.82, 2.24) is 19.5 Å². The molecule has 1 aliphatic rings. The van der Waals surface area contributed by atoms with Crippen molar-refractivity contribution >= 4 is 28.1 Å². The first-order valence-electron chi connectivity index (χ1n) is 8.91. The Morgan fingerprint density at radius 3 is 2.92 bits per heavy atom. The summed E-state index contributed by atoms with van der Waals surface area (Å²) in [5, 5.41) is 3.20. The summed E-state index contributed by atoms with van der Waals surface area (Å²) in [6.07, 6.45) is 8.13. The molecule has 0 N–H and O–H groups in total. The Balaban J connectivity index is 1.60. The number of para-hydroxylation sites is 1. The molecule has 4 heterocycles. The zero-order valence-electron chi connectivity index (χ0n) is 14.3. The van der Waals surface area contributed by atoms with Gasteiger partial charge in [-0.1, -0.05) is 18.2 Å². The largest absolute Gasteiger partial charge is 0.351 e. The lowest BCUT2D eigenvalue weighted by Gasteiger charge is -2.27. The van der Waals surface area contributed by atoms with Crippen LogP contribution in [0.15, 0.2) is 60.5 Å². The highest BCUT2D eigenvalue weighted by molar-refractivity contribution is 7.13. The normalized spacial score (nSPS) is 17.2. The molecular formula is C20H19N5S. The smallest absolute Gasteiger partial charge is 0.172 e. The van der Waals surface area contributed by atoms with Gasteiger partial charge in [0.15, 0.2) is 5.82 Å². The molecule has 1 aromatic carbocycles. The summed E-state index contributed by atoms with van der Waals surface area (Å²) >= 11 is 1.68. The second-order valence-corrected chi connectivity index (χ2v) is 7.56. The van der Waals surface area contributed by atoms with E-state index in [1.54, 1.807) is 11.3 Å². The third-order valence-corrected chi connectivity index (χ3v) is 5.82. The van der Waals surface area contributed by atoms with Crippen LogP contribution in [0.2, 0.25) is 0 Å². The van der Waals surface area contributed by atoms with Crippen LogP contribution in [0, 0.1) is 0 Å². The number of thiophene rings is 1. The average Bonchev–Trinajstić information content (AvgIpc) is 3.44. The molecule has 4 aromatic rings. The number of benzene rings is 1. The molecule has 5 nitrogen and oxygen atoms in total. The lowest BCUT2D eigenvalue weighted by Crippen LogP contribution is -2.33. The van der Waals surface area contributed by atoms with Gasteiger partial charge in [-0.25, -0.2) is 15.0 Å². The summed E-state index contributed by atoms with van der Waals surface area (Å²) in [6.45, 7) is 1.97. The van der Waals surface area contributed by atoms with Gasteiger partial charge in [0.1, 0.15) is 5.82 Å². The number of fused-ring (bicyclic) bond motifs is 1. The summed E-state index contributed by atoms with van der Waals surface area (Å²) in [5.74, 6) is 1.88. The van der Waals surface area contributed by atoms with Crippen LogP contribution in [0.5, 0.6) is 0 Å². The van der Waals surface area contributed by atoms with Gasteiger partial charge >= 0.3 is 0 Å². The number of rotatable bonds is 4. The fraction of sp³-hybridized carbons (Fsp3) is 0.250. The Kier molecular flexibility index (Phi) is 3.90. The van der Waals surface area contributed by atoms with Gasteiger partial charge in [-0.3, -0.25) is 0 Å². The Bertz CT molecular complexity index is 1010. The van der Waals surface area contributed by atoms with E-state index >= 15 is 0 Å². The van der Waals surface area contributed by atoms with Crippen molar-refractivity contribution in [2.75, 3.05) is 11.4 Å². The van der Waals surface area contributed by atoms with E-state index in [1.165, 1.54) is 12.8 Å². The maximum absolute atomic E-state index is 5.01. The highest BCUT2D eigenvalue weighted by atomic mass is 32.1. The zero-order chi connectivity index (χ0) is 17.3. The molecule has 0 amide bonds. The van der Waals surface area contributed by atoms with Crippen LogP contribution in [0.25, 0.3) is 21.6 Å². The van der Waals surface area contributed by atoms with E-state index in [4.69, 9.17) is 9.97 Å². The quantitative estimate of drug-likeness (QED) is 0.546. The van der Waals surface area contributed by atoms with Gasteiger partial charge in [-0.2, -0.15) is 0 Å². The fourth-order valence-electron chi connectivity index (χ4n) is 3.74. The molecule has 0 aliphatic carbocycles. The van der Waals surface area contributed by atoms with E-state index in [-0.39, 0.29) is 0 Å². The monoisotopic (exact) mass is 361 g/mol. The molecule has 130 valence electrons. The van der Waals surface area contributed by atoms with E-state index < -0.39 is 0 Å². The van der Waals surface area contributed by atoms with Crippen LogP contribution in [0.4, 0.5) is 5.82 Å². The number of hydrogen-bond acceptors (Lipinski definition) is 5. The highest BCUT2D eigenvalue weighted by Crippen LogP contribution is 2.33. The van der Waals surface area contributed by atoms with E-state index in [1.807, 2.05) is 24.8 Å². The summed E-state index contributed by atoms with van der Waals surface area (Å²) in [7, 11) is 0. The van der Waals surface area contributed by atoms with Crippen molar-refractivity contribution in [3.05, 3.63) is 60.5 Å². The first-order valence-corrected chi connectivity index (χ1v) is 9.79. The maximum atomic E-state index is 5.01. The number of imidazole rings is 1. The Morgan fingerprint density at radius 2 is 2.08 bits per heavy atom. The summed E-state index contributed by atoms with van der Waals surface area (Å²) in [5.41, 5.74) is 1.01. The molecule has 0 bridgehead atoms. The van der Waals surface area contributed by atoms with Crippen molar-refractivity contribution in [3.63, 3.8) is 0 Å². The molecule has 6 heteroatoms. The molecule has 0 spiro atoms. The van der Waals surface area contributed by atoms with Crippen molar-refractivity contribution in [1.29, 1.82) is 0 Å². The molecule has 5 rings (SSSR count). The topological polar surface area (TPSA) is 46.8 Å². The first kappa shape index (κ1) is 15.5. The van der Waals surface area contributed by atoms with Gasteiger partial charge in [0.2, 0.25) is 0 Å². The van der Waals surface area contributed by atoms with Crippen molar-refractivity contribution in [3.8, 4) is 10.7 Å². The minimum atomic E-state index is 0.429. The highest BCUT2D eigenvalue weighted by Gasteiger charge is 2.28. The van der Waals surface area contributed by atoms with Crippen LogP contribution in [-0.4, -0.2) is 32.1 Å². The number of hydrogen-bond donors (Lipinski definition) is 0. The van der Waals surface area contributed by atoms with E-state index in [0.717, 1.165) is 40.5 Å². The van der Waals surface area contributed by atoms with Gasteiger partial charge in [0, 0.05) is 36.9 Å². The Morgan fingerprint density at radius 1 is 1.12 bits per heavy atom. The molecule has 1 saturated heterocycles. The van der Waals surface area contributed by atoms with Crippen LogP contribution in [0.3, 0.4) is 0 Å². The van der Waals surface area contributed by atoms with Crippen molar-refractivity contribution in [2.24, 2.45) is 0 Å². The van der Waals surface area contributed by atoms with Crippen LogP contribution in [-0.2, 0) is 6.54 Å². The SMILES string of the molecule is c1csc(-c2nc(N3CCCC3Cn3ccnc3)c3ccccc3n2)c1. The molecule has 1 aliphatic heterocycles. The van der Waals surface area contributed by atoms with Gasteiger partial charge in [0.05, 0.1) is 16.7 Å². The minimum Gasteiger partial charge on any atom is -0.351 e. The van der Waals surface area contributed by atoms with E-state index in [2.05, 4.69) is 50.2 Å². The number of anilines is 1. The summed E-state index contributed by atoms with van der Waals surface area (Å²) in [4.78, 5) is 17.6. The lowest BCUT2D eigenvalue weighted by molar-refractivity contribution is 0.548. The van der Waals surface area contributed by atoms with Gasteiger partial charge in [-0.15, -0.1) is 11.3 Å². The van der Waals surface area contributed by atoms with Gasteiger partial charge in [-0.05, 0) is 36.4 Å². The van der Waals surface area contributed by atoms with Crippen LogP contribution in [0.1, 0.15) is 12.8 Å². The molecule has 0 saturated carbocycles. The van der Waals surface area contributed by atoms with Gasteiger partial charge in [0.25, 0.3) is 0 Å². The van der Waals surface area contributed by atoms with Crippen molar-refractivity contribution in [2.45, 2.75) is 25.4 Å². The molecule has 0 radical (unpaired) electrons. The molecular weight excluding hydrogens is 342 g/mol. The number of nitrogens with zero attached hydrogens (tertiary/aromatic N) is 5. The molecule has 26 heavy (non-hydrogen) atoms. The molecule has 1 fully saturated rings. The summed E-state index contributed by atoms with van der Waals surface area (Å²) in [6, 6.07) is 12.9. The van der Waals surface area contributed by atoms with Crippen LogP contribution < -0.4 is 4.90 Å². The third-order valence-electron chi connectivity index (χ3n) is 4.95. The predicted molar refractivity (Wildman–Crippen MR) is 105 cm³/mol. The predicted octanol–water partition coefficient (Wildman–Crippen LogP) is 4.22. The molecule has 1 atom stereocenters. The lowest BCUT2D eigenvalue weighted by atomic mass is 10.2. The first-order chi connectivity index (χ1) is 12.9. The third kappa shape index (κ3) is 2.76. The minimum absolute atomic E-state index is 0.429. The Labute approximate surface area is 156 Å². The molecule has 3 aromatic heterocycles. The van der Waals surface area contributed by atoms with E-state index in [0.29, 0.717) is 6.04 Å².